The Morgan fingerprint density at radius 3 is 2.65 bits per heavy atom. The van der Waals surface area contributed by atoms with Crippen LogP contribution in [0.3, 0.4) is 0 Å². The van der Waals surface area contributed by atoms with Crippen molar-refractivity contribution in [3.05, 3.63) is 17.0 Å². The van der Waals surface area contributed by atoms with Gasteiger partial charge in [-0.1, -0.05) is 18.5 Å². The molecular formula is C12H18ClN3O. The van der Waals surface area contributed by atoms with Crippen LogP contribution in [-0.4, -0.2) is 33.8 Å². The Labute approximate surface area is 107 Å². The van der Waals surface area contributed by atoms with Crippen LogP contribution in [-0.2, 0) is 6.42 Å². The maximum atomic E-state index is 9.93. The average molecular weight is 256 g/mol. The second kappa shape index (κ2) is 4.78. The van der Waals surface area contributed by atoms with Crippen LogP contribution in [0.1, 0.15) is 32.3 Å². The molecule has 0 unspecified atom stereocenters. The summed E-state index contributed by atoms with van der Waals surface area (Å²) in [6.45, 7) is 5.56. The quantitative estimate of drug-likeness (QED) is 0.822. The highest BCUT2D eigenvalue weighted by atomic mass is 35.5. The predicted molar refractivity (Wildman–Crippen MR) is 68.5 cm³/mol. The molecule has 0 amide bonds. The molecule has 1 aromatic rings. The standard InChI is InChI=1S/C12H18ClN3O/c1-3-9-10(13)14-8-15-11(9)16-6-4-12(2,17)5-7-16/h8,17H,3-7H2,1-2H3. The molecule has 0 bridgehead atoms. The summed E-state index contributed by atoms with van der Waals surface area (Å²) >= 11 is 6.08. The van der Waals surface area contributed by atoms with Crippen LogP contribution in [0.4, 0.5) is 5.82 Å². The molecule has 1 aromatic heterocycles. The fourth-order valence-electron chi connectivity index (χ4n) is 2.16. The zero-order valence-corrected chi connectivity index (χ0v) is 11.0. The summed E-state index contributed by atoms with van der Waals surface area (Å²) in [5, 5.41) is 10.5. The van der Waals surface area contributed by atoms with Crippen molar-refractivity contribution in [3.8, 4) is 0 Å². The van der Waals surface area contributed by atoms with Gasteiger partial charge in [0.2, 0.25) is 0 Å². The number of rotatable bonds is 2. The Morgan fingerprint density at radius 2 is 2.06 bits per heavy atom. The smallest absolute Gasteiger partial charge is 0.137 e. The lowest BCUT2D eigenvalue weighted by Crippen LogP contribution is -2.43. The van der Waals surface area contributed by atoms with Gasteiger partial charge in [0.05, 0.1) is 5.60 Å². The number of halogens is 1. The monoisotopic (exact) mass is 255 g/mol. The van der Waals surface area contributed by atoms with Gasteiger partial charge < -0.3 is 10.0 Å². The summed E-state index contributed by atoms with van der Waals surface area (Å²) in [6.07, 6.45) is 3.85. The van der Waals surface area contributed by atoms with Crippen LogP contribution in [0.15, 0.2) is 6.33 Å². The molecule has 5 heteroatoms. The van der Waals surface area contributed by atoms with E-state index in [0.29, 0.717) is 5.15 Å². The lowest BCUT2D eigenvalue weighted by atomic mass is 9.93. The third-order valence-electron chi connectivity index (χ3n) is 3.36. The van der Waals surface area contributed by atoms with Crippen molar-refractivity contribution in [2.45, 2.75) is 38.7 Å². The van der Waals surface area contributed by atoms with Crippen molar-refractivity contribution >= 4 is 17.4 Å². The molecule has 0 aromatic carbocycles. The van der Waals surface area contributed by atoms with Gasteiger partial charge in [-0.2, -0.15) is 0 Å². The van der Waals surface area contributed by atoms with Crippen LogP contribution < -0.4 is 4.90 Å². The van der Waals surface area contributed by atoms with Crippen LogP contribution in [0.2, 0.25) is 5.15 Å². The van der Waals surface area contributed by atoms with Crippen molar-refractivity contribution in [2.75, 3.05) is 18.0 Å². The van der Waals surface area contributed by atoms with Gasteiger partial charge in [-0.25, -0.2) is 9.97 Å². The number of anilines is 1. The van der Waals surface area contributed by atoms with E-state index in [9.17, 15) is 5.11 Å². The van der Waals surface area contributed by atoms with E-state index in [2.05, 4.69) is 14.9 Å². The molecule has 2 rings (SSSR count). The van der Waals surface area contributed by atoms with Gasteiger partial charge in [0.15, 0.2) is 0 Å². The number of nitrogens with zero attached hydrogens (tertiary/aromatic N) is 3. The molecule has 1 aliphatic heterocycles. The average Bonchev–Trinajstić information content (AvgIpc) is 2.29. The summed E-state index contributed by atoms with van der Waals surface area (Å²) < 4.78 is 0. The van der Waals surface area contributed by atoms with E-state index in [4.69, 9.17) is 11.6 Å². The van der Waals surface area contributed by atoms with E-state index in [1.165, 1.54) is 6.33 Å². The van der Waals surface area contributed by atoms with Gasteiger partial charge in [0, 0.05) is 18.7 Å². The molecule has 4 nitrogen and oxygen atoms in total. The van der Waals surface area contributed by atoms with Crippen molar-refractivity contribution in [3.63, 3.8) is 0 Å². The maximum Gasteiger partial charge on any atom is 0.137 e. The van der Waals surface area contributed by atoms with Crippen molar-refractivity contribution in [1.29, 1.82) is 0 Å². The molecule has 1 aliphatic rings. The van der Waals surface area contributed by atoms with Gasteiger partial charge in [0.25, 0.3) is 0 Å². The highest BCUT2D eigenvalue weighted by Gasteiger charge is 2.29. The topological polar surface area (TPSA) is 49.2 Å². The lowest BCUT2D eigenvalue weighted by Gasteiger charge is -2.37. The fourth-order valence-corrected chi connectivity index (χ4v) is 2.42. The Kier molecular flexibility index (Phi) is 3.54. The molecule has 1 saturated heterocycles. The molecule has 0 radical (unpaired) electrons. The predicted octanol–water partition coefficient (Wildman–Crippen LogP) is 2.04. The van der Waals surface area contributed by atoms with Crippen molar-refractivity contribution in [2.24, 2.45) is 0 Å². The van der Waals surface area contributed by atoms with E-state index < -0.39 is 5.60 Å². The van der Waals surface area contributed by atoms with E-state index >= 15 is 0 Å². The minimum Gasteiger partial charge on any atom is -0.390 e. The number of hydrogen-bond donors (Lipinski definition) is 1. The third-order valence-corrected chi connectivity index (χ3v) is 3.69. The van der Waals surface area contributed by atoms with E-state index in [0.717, 1.165) is 43.7 Å². The Balaban J connectivity index is 2.21. The lowest BCUT2D eigenvalue weighted by molar-refractivity contribution is 0.0350. The Bertz CT molecular complexity index is 399. The molecule has 17 heavy (non-hydrogen) atoms. The Hall–Kier alpha value is -0.870. The molecular weight excluding hydrogens is 238 g/mol. The molecule has 0 spiro atoms. The van der Waals surface area contributed by atoms with Crippen LogP contribution in [0.25, 0.3) is 0 Å². The number of aromatic nitrogens is 2. The minimum absolute atomic E-state index is 0.537. The zero-order chi connectivity index (χ0) is 12.5. The fraction of sp³-hybridized carbons (Fsp3) is 0.667. The first-order chi connectivity index (χ1) is 8.03. The first kappa shape index (κ1) is 12.6. The van der Waals surface area contributed by atoms with Crippen molar-refractivity contribution < 1.29 is 5.11 Å². The summed E-state index contributed by atoms with van der Waals surface area (Å²) in [5.41, 5.74) is 0.454. The van der Waals surface area contributed by atoms with E-state index in [1.807, 2.05) is 13.8 Å². The van der Waals surface area contributed by atoms with E-state index in [1.54, 1.807) is 0 Å². The molecule has 2 heterocycles. The highest BCUT2D eigenvalue weighted by molar-refractivity contribution is 6.30. The summed E-state index contributed by atoms with van der Waals surface area (Å²) in [5.74, 6) is 0.919. The molecule has 0 atom stereocenters. The van der Waals surface area contributed by atoms with Gasteiger partial charge in [-0.15, -0.1) is 0 Å². The third kappa shape index (κ3) is 2.69. The minimum atomic E-state index is -0.542. The van der Waals surface area contributed by atoms with Crippen LogP contribution >= 0.6 is 11.6 Å². The first-order valence-corrected chi connectivity index (χ1v) is 6.38. The molecule has 1 fully saturated rings. The molecule has 1 N–H and O–H groups in total. The zero-order valence-electron chi connectivity index (χ0n) is 10.3. The highest BCUT2D eigenvalue weighted by Crippen LogP contribution is 2.29. The largest absolute Gasteiger partial charge is 0.390 e. The second-order valence-electron chi connectivity index (χ2n) is 4.80. The van der Waals surface area contributed by atoms with Gasteiger partial charge in [-0.05, 0) is 26.2 Å². The molecule has 0 aliphatic carbocycles. The van der Waals surface area contributed by atoms with Crippen LogP contribution in [0.5, 0.6) is 0 Å². The number of aliphatic hydroxyl groups is 1. The summed E-state index contributed by atoms with van der Waals surface area (Å²) in [4.78, 5) is 10.5. The summed E-state index contributed by atoms with van der Waals surface area (Å²) in [7, 11) is 0. The Morgan fingerprint density at radius 1 is 1.41 bits per heavy atom. The molecule has 0 saturated carbocycles. The van der Waals surface area contributed by atoms with Crippen LogP contribution in [0, 0.1) is 0 Å². The van der Waals surface area contributed by atoms with Crippen molar-refractivity contribution in [1.82, 2.24) is 9.97 Å². The van der Waals surface area contributed by atoms with Gasteiger partial charge in [0.1, 0.15) is 17.3 Å². The second-order valence-corrected chi connectivity index (χ2v) is 5.16. The SMILES string of the molecule is CCc1c(Cl)ncnc1N1CCC(C)(O)CC1. The summed E-state index contributed by atoms with van der Waals surface area (Å²) in [6, 6.07) is 0. The number of piperidine rings is 1. The molecule has 94 valence electrons. The van der Waals surface area contributed by atoms with Gasteiger partial charge in [-0.3, -0.25) is 0 Å². The van der Waals surface area contributed by atoms with E-state index in [-0.39, 0.29) is 0 Å². The normalized spacial score (nSPS) is 19.4. The number of hydrogen-bond acceptors (Lipinski definition) is 4. The first-order valence-electron chi connectivity index (χ1n) is 6.00. The van der Waals surface area contributed by atoms with Gasteiger partial charge >= 0.3 is 0 Å². The maximum absolute atomic E-state index is 9.93.